The molecule has 154 valence electrons. The van der Waals surface area contributed by atoms with E-state index in [1.165, 1.54) is 11.1 Å². The van der Waals surface area contributed by atoms with Gasteiger partial charge in [-0.25, -0.2) is 4.79 Å². The Hall–Kier alpha value is -3.16. The number of anilines is 1. The zero-order chi connectivity index (χ0) is 21.2. The maximum Gasteiger partial charge on any atom is 0.326 e. The van der Waals surface area contributed by atoms with Gasteiger partial charge in [0.05, 0.1) is 17.3 Å². The van der Waals surface area contributed by atoms with E-state index >= 15 is 0 Å². The van der Waals surface area contributed by atoms with Crippen molar-refractivity contribution in [2.45, 2.75) is 51.6 Å². The summed E-state index contributed by atoms with van der Waals surface area (Å²) in [5, 5.41) is 16.4. The molecule has 1 aromatic heterocycles. The molecule has 0 radical (unpaired) electrons. The number of carboxylic acid groups (broad SMARTS) is 1. The van der Waals surface area contributed by atoms with E-state index in [9.17, 15) is 19.5 Å². The van der Waals surface area contributed by atoms with Gasteiger partial charge in [-0.1, -0.05) is 6.07 Å². The number of carboxylic acids is 1. The van der Waals surface area contributed by atoms with Gasteiger partial charge in [0, 0.05) is 24.0 Å². The van der Waals surface area contributed by atoms with Gasteiger partial charge in [-0.2, -0.15) is 5.10 Å². The number of rotatable bonds is 4. The van der Waals surface area contributed by atoms with Crippen molar-refractivity contribution < 1.29 is 19.5 Å². The maximum atomic E-state index is 12.9. The van der Waals surface area contributed by atoms with E-state index in [4.69, 9.17) is 0 Å². The molecule has 8 heteroatoms. The van der Waals surface area contributed by atoms with Crippen molar-refractivity contribution in [2.75, 3.05) is 11.9 Å². The van der Waals surface area contributed by atoms with Crippen LogP contribution in [0.2, 0.25) is 0 Å². The van der Waals surface area contributed by atoms with Crippen molar-refractivity contribution in [1.29, 1.82) is 0 Å². The first-order valence-electron chi connectivity index (χ1n) is 9.67. The summed E-state index contributed by atoms with van der Waals surface area (Å²) in [5.74, 6) is -1.65. The number of amides is 2. The lowest BCUT2D eigenvalue weighted by Crippen LogP contribution is -2.48. The number of hydrogen-bond acceptors (Lipinski definition) is 4. The molecule has 1 aromatic carbocycles. The van der Waals surface area contributed by atoms with Crippen molar-refractivity contribution in [3.63, 3.8) is 0 Å². The third-order valence-electron chi connectivity index (χ3n) is 4.95. The lowest BCUT2D eigenvalue weighted by atomic mass is 10.0. The second kappa shape index (κ2) is 8.06. The van der Waals surface area contributed by atoms with Gasteiger partial charge in [0.15, 0.2) is 0 Å². The summed E-state index contributed by atoms with van der Waals surface area (Å²) in [4.78, 5) is 38.3. The van der Waals surface area contributed by atoms with E-state index in [0.29, 0.717) is 29.8 Å². The molecular weight excluding hydrogens is 372 g/mol. The minimum atomic E-state index is -0.988. The molecule has 0 bridgehead atoms. The molecule has 3 rings (SSSR count). The van der Waals surface area contributed by atoms with Crippen LogP contribution < -0.4 is 5.32 Å². The summed E-state index contributed by atoms with van der Waals surface area (Å²) in [6.45, 7) is 6.38. The average molecular weight is 398 g/mol. The second-order valence-corrected chi connectivity index (χ2v) is 8.23. The number of aliphatic carboxylic acids is 1. The van der Waals surface area contributed by atoms with Gasteiger partial charge in [0.25, 0.3) is 11.8 Å². The van der Waals surface area contributed by atoms with Crippen LogP contribution in [-0.4, -0.2) is 50.2 Å². The fraction of sp³-hybridized carbons (Fsp3) is 0.429. The van der Waals surface area contributed by atoms with Crippen LogP contribution in [0.15, 0.2) is 36.7 Å². The zero-order valence-electron chi connectivity index (χ0n) is 16.9. The van der Waals surface area contributed by atoms with Gasteiger partial charge >= 0.3 is 5.97 Å². The molecule has 1 saturated heterocycles. The van der Waals surface area contributed by atoms with Gasteiger partial charge in [-0.15, -0.1) is 0 Å². The Kier molecular flexibility index (Phi) is 5.72. The highest BCUT2D eigenvalue weighted by Gasteiger charge is 2.32. The van der Waals surface area contributed by atoms with Crippen molar-refractivity contribution in [3.8, 4) is 0 Å². The van der Waals surface area contributed by atoms with Crippen molar-refractivity contribution in [3.05, 3.63) is 47.8 Å². The van der Waals surface area contributed by atoms with Crippen LogP contribution in [0, 0.1) is 0 Å². The molecule has 1 aliphatic rings. The third kappa shape index (κ3) is 4.64. The normalized spacial score (nSPS) is 17.1. The van der Waals surface area contributed by atoms with Crippen LogP contribution in [0.3, 0.4) is 0 Å². The first kappa shape index (κ1) is 20.6. The van der Waals surface area contributed by atoms with Gasteiger partial charge < -0.3 is 15.3 Å². The van der Waals surface area contributed by atoms with Crippen LogP contribution in [0.25, 0.3) is 0 Å². The third-order valence-corrected chi connectivity index (χ3v) is 4.95. The summed E-state index contributed by atoms with van der Waals surface area (Å²) in [6.07, 6.45) is 5.20. The number of aromatic nitrogens is 2. The topological polar surface area (TPSA) is 105 Å². The number of carbonyl (C=O) groups is 3. The standard InChI is InChI=1S/C21H26N4O4/c1-21(2,3)25-13-15(12-22-25)18(26)23-16-8-6-7-14(11-16)19(27)24-10-5-4-9-17(24)20(28)29/h6-8,11-13,17H,4-5,9-10H2,1-3H3,(H,23,26)(H,28,29). The Labute approximate surface area is 169 Å². The molecule has 1 aliphatic heterocycles. The van der Waals surface area contributed by atoms with Gasteiger partial charge in [-0.3, -0.25) is 14.3 Å². The van der Waals surface area contributed by atoms with E-state index in [2.05, 4.69) is 10.4 Å². The number of piperidine rings is 1. The summed E-state index contributed by atoms with van der Waals surface area (Å²) in [5.41, 5.74) is 0.994. The van der Waals surface area contributed by atoms with Crippen molar-refractivity contribution >= 4 is 23.5 Å². The molecule has 0 saturated carbocycles. The fourth-order valence-electron chi connectivity index (χ4n) is 3.34. The molecule has 2 amide bonds. The van der Waals surface area contributed by atoms with E-state index in [1.54, 1.807) is 35.1 Å². The first-order valence-corrected chi connectivity index (χ1v) is 9.67. The molecule has 1 fully saturated rings. The quantitative estimate of drug-likeness (QED) is 0.824. The molecule has 0 aliphatic carbocycles. The summed E-state index contributed by atoms with van der Waals surface area (Å²) >= 11 is 0. The minimum Gasteiger partial charge on any atom is -0.480 e. The van der Waals surface area contributed by atoms with E-state index < -0.39 is 12.0 Å². The molecule has 2 N–H and O–H groups in total. The van der Waals surface area contributed by atoms with Crippen LogP contribution in [0.5, 0.6) is 0 Å². The number of benzene rings is 1. The smallest absolute Gasteiger partial charge is 0.326 e. The number of nitrogens with zero attached hydrogens (tertiary/aromatic N) is 3. The molecule has 8 nitrogen and oxygen atoms in total. The monoisotopic (exact) mass is 398 g/mol. The lowest BCUT2D eigenvalue weighted by molar-refractivity contribution is -0.143. The Morgan fingerprint density at radius 2 is 1.93 bits per heavy atom. The molecular formula is C21H26N4O4. The van der Waals surface area contributed by atoms with E-state index in [-0.39, 0.29) is 17.4 Å². The molecule has 0 spiro atoms. The highest BCUT2D eigenvalue weighted by Crippen LogP contribution is 2.22. The molecule has 1 unspecified atom stereocenters. The van der Waals surface area contributed by atoms with Gasteiger partial charge in [0.1, 0.15) is 6.04 Å². The largest absolute Gasteiger partial charge is 0.480 e. The molecule has 2 aromatic rings. The lowest BCUT2D eigenvalue weighted by Gasteiger charge is -2.33. The van der Waals surface area contributed by atoms with Crippen molar-refractivity contribution in [2.24, 2.45) is 0 Å². The SMILES string of the molecule is CC(C)(C)n1cc(C(=O)Nc2cccc(C(=O)N3CCCCC3C(=O)O)c2)cn1. The number of carbonyl (C=O) groups excluding carboxylic acids is 2. The minimum absolute atomic E-state index is 0.236. The Morgan fingerprint density at radius 3 is 2.59 bits per heavy atom. The number of likely N-dealkylation sites (tertiary alicyclic amines) is 1. The summed E-state index contributed by atoms with van der Waals surface area (Å²) in [6, 6.07) is 5.75. The Bertz CT molecular complexity index is 929. The van der Waals surface area contributed by atoms with E-state index in [0.717, 1.165) is 12.8 Å². The maximum absolute atomic E-state index is 12.9. The van der Waals surface area contributed by atoms with Crippen molar-refractivity contribution in [1.82, 2.24) is 14.7 Å². The van der Waals surface area contributed by atoms with Crippen LogP contribution >= 0.6 is 0 Å². The van der Waals surface area contributed by atoms with Crippen LogP contribution in [-0.2, 0) is 10.3 Å². The fourth-order valence-corrected chi connectivity index (χ4v) is 3.34. The first-order chi connectivity index (χ1) is 13.7. The highest BCUT2D eigenvalue weighted by molar-refractivity contribution is 6.05. The van der Waals surface area contributed by atoms with Crippen LogP contribution in [0.4, 0.5) is 5.69 Å². The number of hydrogen-bond donors (Lipinski definition) is 2. The summed E-state index contributed by atoms with van der Waals surface area (Å²) < 4.78 is 1.71. The predicted molar refractivity (Wildman–Crippen MR) is 108 cm³/mol. The molecule has 1 atom stereocenters. The molecule has 29 heavy (non-hydrogen) atoms. The average Bonchev–Trinajstić information content (AvgIpc) is 3.18. The zero-order valence-corrected chi connectivity index (χ0v) is 16.9. The highest BCUT2D eigenvalue weighted by atomic mass is 16.4. The van der Waals surface area contributed by atoms with Crippen LogP contribution in [0.1, 0.15) is 60.7 Å². The summed E-state index contributed by atoms with van der Waals surface area (Å²) in [7, 11) is 0. The second-order valence-electron chi connectivity index (χ2n) is 8.23. The van der Waals surface area contributed by atoms with E-state index in [1.807, 2.05) is 20.8 Å². The van der Waals surface area contributed by atoms with Gasteiger partial charge in [0.2, 0.25) is 0 Å². The number of nitrogens with one attached hydrogen (secondary N) is 1. The molecule has 2 heterocycles. The Morgan fingerprint density at radius 1 is 1.17 bits per heavy atom. The van der Waals surface area contributed by atoms with Gasteiger partial charge in [-0.05, 0) is 58.2 Å². The Balaban J connectivity index is 1.75. The predicted octanol–water partition coefficient (Wildman–Crippen LogP) is 2.97.